The first-order valence-electron chi connectivity index (χ1n) is 6.88. The summed E-state index contributed by atoms with van der Waals surface area (Å²) in [6.45, 7) is 3.40. The van der Waals surface area contributed by atoms with Crippen molar-refractivity contribution in [3.63, 3.8) is 0 Å². The van der Waals surface area contributed by atoms with Crippen LogP contribution in [0.3, 0.4) is 0 Å². The van der Waals surface area contributed by atoms with E-state index in [1.165, 1.54) is 0 Å². The molecule has 20 heavy (non-hydrogen) atoms. The van der Waals surface area contributed by atoms with Crippen LogP contribution in [0.15, 0.2) is 24.3 Å². The number of benzene rings is 1. The van der Waals surface area contributed by atoms with Crippen LogP contribution in [0.5, 0.6) is 0 Å². The summed E-state index contributed by atoms with van der Waals surface area (Å²) >= 11 is 0. The fraction of sp³-hybridized carbons (Fsp3) is 0.438. The van der Waals surface area contributed by atoms with E-state index in [9.17, 15) is 9.90 Å². The van der Waals surface area contributed by atoms with E-state index in [0.717, 1.165) is 12.0 Å². The van der Waals surface area contributed by atoms with Gasteiger partial charge in [0.1, 0.15) is 0 Å². The lowest BCUT2D eigenvalue weighted by atomic mass is 9.95. The SMILES string of the molecule is CC1CCN(C(=O)c2cccc(C#CCN)c2)CC1O. The second kappa shape index (κ2) is 6.56. The largest absolute Gasteiger partial charge is 0.391 e. The van der Waals surface area contributed by atoms with E-state index in [0.29, 0.717) is 25.2 Å². The van der Waals surface area contributed by atoms with Gasteiger partial charge in [0, 0.05) is 24.2 Å². The molecule has 0 aromatic heterocycles. The molecule has 1 heterocycles. The fourth-order valence-electron chi connectivity index (χ4n) is 2.30. The Balaban J connectivity index is 2.13. The first kappa shape index (κ1) is 14.6. The molecule has 1 aliphatic rings. The molecule has 1 amide bonds. The second-order valence-corrected chi connectivity index (χ2v) is 5.17. The van der Waals surface area contributed by atoms with Gasteiger partial charge in [0.05, 0.1) is 12.6 Å². The van der Waals surface area contributed by atoms with Crippen molar-refractivity contribution < 1.29 is 9.90 Å². The van der Waals surface area contributed by atoms with Gasteiger partial charge in [0.2, 0.25) is 0 Å². The zero-order chi connectivity index (χ0) is 14.5. The highest BCUT2D eigenvalue weighted by Crippen LogP contribution is 2.19. The lowest BCUT2D eigenvalue weighted by molar-refractivity contribution is 0.0248. The van der Waals surface area contributed by atoms with Gasteiger partial charge in [-0.1, -0.05) is 24.8 Å². The Kier molecular flexibility index (Phi) is 4.78. The van der Waals surface area contributed by atoms with Crippen LogP contribution < -0.4 is 5.73 Å². The first-order chi connectivity index (χ1) is 9.61. The van der Waals surface area contributed by atoms with Crippen LogP contribution >= 0.6 is 0 Å². The molecule has 1 aromatic carbocycles. The maximum absolute atomic E-state index is 12.4. The summed E-state index contributed by atoms with van der Waals surface area (Å²) in [6, 6.07) is 7.22. The number of carbonyl (C=O) groups excluding carboxylic acids is 1. The van der Waals surface area contributed by atoms with E-state index >= 15 is 0 Å². The Labute approximate surface area is 119 Å². The van der Waals surface area contributed by atoms with Crippen molar-refractivity contribution in [1.29, 1.82) is 0 Å². The number of hydrogen-bond acceptors (Lipinski definition) is 3. The van der Waals surface area contributed by atoms with Crippen LogP contribution in [0.25, 0.3) is 0 Å². The minimum Gasteiger partial charge on any atom is -0.391 e. The van der Waals surface area contributed by atoms with Gasteiger partial charge in [-0.3, -0.25) is 4.79 Å². The van der Waals surface area contributed by atoms with Crippen LogP contribution in [-0.2, 0) is 0 Å². The second-order valence-electron chi connectivity index (χ2n) is 5.17. The summed E-state index contributed by atoms with van der Waals surface area (Å²) in [5, 5.41) is 9.88. The number of β-amino-alcohol motifs (C(OH)–C–C–N with tert-alkyl or cyclic N) is 1. The van der Waals surface area contributed by atoms with Crippen molar-refractivity contribution in [3.8, 4) is 11.8 Å². The number of nitrogens with two attached hydrogens (primary N) is 1. The number of hydrogen-bond donors (Lipinski definition) is 2. The maximum Gasteiger partial charge on any atom is 0.253 e. The molecule has 0 radical (unpaired) electrons. The van der Waals surface area contributed by atoms with Crippen molar-refractivity contribution in [2.75, 3.05) is 19.6 Å². The summed E-state index contributed by atoms with van der Waals surface area (Å²) in [5.41, 5.74) is 6.73. The van der Waals surface area contributed by atoms with Crippen molar-refractivity contribution in [3.05, 3.63) is 35.4 Å². The molecule has 1 aromatic rings. The summed E-state index contributed by atoms with van der Waals surface area (Å²) in [7, 11) is 0. The number of likely N-dealkylation sites (tertiary alicyclic amines) is 1. The third-order valence-corrected chi connectivity index (χ3v) is 3.65. The lowest BCUT2D eigenvalue weighted by Gasteiger charge is -2.34. The monoisotopic (exact) mass is 272 g/mol. The average molecular weight is 272 g/mol. The predicted molar refractivity (Wildman–Crippen MR) is 78.1 cm³/mol. The normalized spacial score (nSPS) is 22.1. The molecule has 0 bridgehead atoms. The first-order valence-corrected chi connectivity index (χ1v) is 6.88. The molecule has 1 fully saturated rings. The topological polar surface area (TPSA) is 66.6 Å². The molecule has 0 aliphatic carbocycles. The van der Waals surface area contributed by atoms with Gasteiger partial charge in [0.25, 0.3) is 5.91 Å². The third kappa shape index (κ3) is 3.38. The number of rotatable bonds is 1. The Morgan fingerprint density at radius 2 is 2.35 bits per heavy atom. The van der Waals surface area contributed by atoms with Gasteiger partial charge in [-0.2, -0.15) is 0 Å². The Bertz CT molecular complexity index is 545. The van der Waals surface area contributed by atoms with Gasteiger partial charge in [0.15, 0.2) is 0 Å². The van der Waals surface area contributed by atoms with Crippen LogP contribution in [-0.4, -0.2) is 41.7 Å². The highest BCUT2D eigenvalue weighted by Gasteiger charge is 2.27. The third-order valence-electron chi connectivity index (χ3n) is 3.65. The van der Waals surface area contributed by atoms with Crippen LogP contribution in [0.4, 0.5) is 0 Å². The standard InChI is InChI=1S/C16H20N2O2/c1-12-7-9-18(11-15(12)19)16(20)14-6-2-4-13(10-14)5-3-8-17/h2,4,6,10,12,15,19H,7-9,11,17H2,1H3. The van der Waals surface area contributed by atoms with Crippen molar-refractivity contribution in [2.24, 2.45) is 11.7 Å². The van der Waals surface area contributed by atoms with Gasteiger partial charge >= 0.3 is 0 Å². The van der Waals surface area contributed by atoms with Gasteiger partial charge in [-0.15, -0.1) is 0 Å². The van der Waals surface area contributed by atoms with Crippen molar-refractivity contribution in [1.82, 2.24) is 4.90 Å². The van der Waals surface area contributed by atoms with E-state index in [4.69, 9.17) is 5.73 Å². The van der Waals surface area contributed by atoms with Gasteiger partial charge < -0.3 is 15.7 Å². The molecule has 2 rings (SSSR count). The Morgan fingerprint density at radius 1 is 1.55 bits per heavy atom. The summed E-state index contributed by atoms with van der Waals surface area (Å²) in [6.07, 6.45) is 0.396. The van der Waals surface area contributed by atoms with Crippen LogP contribution in [0.1, 0.15) is 29.3 Å². The molecule has 2 unspecified atom stereocenters. The van der Waals surface area contributed by atoms with E-state index in [1.54, 1.807) is 17.0 Å². The maximum atomic E-state index is 12.4. The Hall–Kier alpha value is -1.83. The van der Waals surface area contributed by atoms with E-state index in [2.05, 4.69) is 11.8 Å². The fourth-order valence-corrected chi connectivity index (χ4v) is 2.30. The van der Waals surface area contributed by atoms with Crippen molar-refractivity contribution in [2.45, 2.75) is 19.4 Å². The molecular formula is C16H20N2O2. The molecular weight excluding hydrogens is 252 g/mol. The zero-order valence-electron chi connectivity index (χ0n) is 11.7. The van der Waals surface area contributed by atoms with E-state index < -0.39 is 6.10 Å². The number of piperidine rings is 1. The lowest BCUT2D eigenvalue weighted by Crippen LogP contribution is -2.45. The van der Waals surface area contributed by atoms with E-state index in [-0.39, 0.29) is 11.8 Å². The summed E-state index contributed by atoms with van der Waals surface area (Å²) < 4.78 is 0. The smallest absolute Gasteiger partial charge is 0.253 e. The number of aliphatic hydroxyl groups is 1. The van der Waals surface area contributed by atoms with Crippen LogP contribution in [0, 0.1) is 17.8 Å². The molecule has 0 saturated carbocycles. The minimum atomic E-state index is -0.437. The molecule has 1 saturated heterocycles. The highest BCUT2D eigenvalue weighted by molar-refractivity contribution is 5.94. The average Bonchev–Trinajstić information content (AvgIpc) is 2.47. The molecule has 0 spiro atoms. The molecule has 106 valence electrons. The Morgan fingerprint density at radius 3 is 3.05 bits per heavy atom. The number of nitrogens with zero attached hydrogens (tertiary/aromatic N) is 1. The van der Waals surface area contributed by atoms with Crippen LogP contribution in [0.2, 0.25) is 0 Å². The van der Waals surface area contributed by atoms with Gasteiger partial charge in [-0.05, 0) is 30.5 Å². The summed E-state index contributed by atoms with van der Waals surface area (Å²) in [4.78, 5) is 14.1. The number of carbonyl (C=O) groups is 1. The molecule has 4 heteroatoms. The van der Waals surface area contributed by atoms with E-state index in [1.807, 2.05) is 19.1 Å². The van der Waals surface area contributed by atoms with Gasteiger partial charge in [-0.25, -0.2) is 0 Å². The minimum absolute atomic E-state index is 0.0488. The summed E-state index contributed by atoms with van der Waals surface area (Å²) in [5.74, 6) is 5.90. The predicted octanol–water partition coefficient (Wildman–Crippen LogP) is 0.840. The molecule has 4 nitrogen and oxygen atoms in total. The molecule has 3 N–H and O–H groups in total. The van der Waals surface area contributed by atoms with Crippen molar-refractivity contribution >= 4 is 5.91 Å². The highest BCUT2D eigenvalue weighted by atomic mass is 16.3. The number of aliphatic hydroxyl groups excluding tert-OH is 1. The number of amides is 1. The quantitative estimate of drug-likeness (QED) is 0.745. The molecule has 1 aliphatic heterocycles. The zero-order valence-corrected chi connectivity index (χ0v) is 11.7. The molecule has 2 atom stereocenters.